The lowest BCUT2D eigenvalue weighted by molar-refractivity contribution is -0.155. The molecule has 1 N–H and O–H groups in total. The quantitative estimate of drug-likeness (QED) is 0.544. The number of carbonyl (C=O) groups excluding carboxylic acids is 2. The largest absolute Gasteiger partial charge is 0.493 e. The fourth-order valence-corrected chi connectivity index (χ4v) is 3.17. The Morgan fingerprint density at radius 3 is 2.19 bits per heavy atom. The normalized spacial score (nSPS) is 11.0. The average Bonchev–Trinajstić information content (AvgIpc) is 2.71. The third-order valence-corrected chi connectivity index (χ3v) is 4.57. The van der Waals surface area contributed by atoms with Crippen LogP contribution in [0.25, 0.3) is 0 Å². The van der Waals surface area contributed by atoms with Crippen LogP contribution in [0, 0.1) is 0 Å². The summed E-state index contributed by atoms with van der Waals surface area (Å²) in [6, 6.07) is 13.8. The molecular weight excluding hydrogens is 394 g/mol. The van der Waals surface area contributed by atoms with Gasteiger partial charge in [-0.05, 0) is 75.4 Å². The number of benzene rings is 2. The van der Waals surface area contributed by atoms with Gasteiger partial charge in [0.25, 0.3) is 0 Å². The monoisotopic (exact) mass is 427 g/mol. The maximum atomic E-state index is 12.2. The summed E-state index contributed by atoms with van der Waals surface area (Å²) in [5, 5.41) is 2.86. The first-order valence-electron chi connectivity index (χ1n) is 10.5. The molecule has 0 aliphatic heterocycles. The van der Waals surface area contributed by atoms with E-state index in [0.717, 1.165) is 42.0 Å². The molecule has 0 bridgehead atoms. The lowest BCUT2D eigenvalue weighted by Crippen LogP contribution is -2.24. The number of hydrogen-bond donors (Lipinski definition) is 1. The Labute approximate surface area is 184 Å². The topological polar surface area (TPSA) is 73.9 Å². The maximum absolute atomic E-state index is 12.2. The summed E-state index contributed by atoms with van der Waals surface area (Å²) in [6.45, 7) is 5.42. The Bertz CT molecular complexity index is 886. The zero-order chi connectivity index (χ0) is 22.9. The van der Waals surface area contributed by atoms with E-state index >= 15 is 0 Å². The van der Waals surface area contributed by atoms with Gasteiger partial charge < -0.3 is 19.5 Å². The number of aryl methyl sites for hydroxylation is 2. The van der Waals surface area contributed by atoms with Gasteiger partial charge in [0.1, 0.15) is 5.60 Å². The lowest BCUT2D eigenvalue weighted by atomic mass is 10.0. The first-order chi connectivity index (χ1) is 14.7. The highest BCUT2D eigenvalue weighted by Crippen LogP contribution is 2.28. The molecule has 31 heavy (non-hydrogen) atoms. The predicted molar refractivity (Wildman–Crippen MR) is 122 cm³/mol. The van der Waals surface area contributed by atoms with Crippen LogP contribution in [0.2, 0.25) is 0 Å². The van der Waals surface area contributed by atoms with E-state index in [2.05, 4.69) is 5.32 Å². The molecule has 0 aliphatic carbocycles. The van der Waals surface area contributed by atoms with Gasteiger partial charge in [-0.25, -0.2) is 0 Å². The molecule has 6 nitrogen and oxygen atoms in total. The Hall–Kier alpha value is -3.02. The molecule has 0 saturated carbocycles. The average molecular weight is 428 g/mol. The predicted octanol–water partition coefficient (Wildman–Crippen LogP) is 4.94. The van der Waals surface area contributed by atoms with Crippen LogP contribution in [-0.2, 0) is 27.2 Å². The van der Waals surface area contributed by atoms with E-state index in [1.54, 1.807) is 14.2 Å². The summed E-state index contributed by atoms with van der Waals surface area (Å²) < 4.78 is 15.9. The van der Waals surface area contributed by atoms with Crippen LogP contribution in [0.1, 0.15) is 51.2 Å². The van der Waals surface area contributed by atoms with Crippen molar-refractivity contribution in [2.24, 2.45) is 0 Å². The van der Waals surface area contributed by atoms with Gasteiger partial charge in [-0.3, -0.25) is 9.59 Å². The van der Waals surface area contributed by atoms with Crippen LogP contribution in [0.5, 0.6) is 11.5 Å². The van der Waals surface area contributed by atoms with Crippen molar-refractivity contribution in [2.45, 2.75) is 58.5 Å². The number of ether oxygens (including phenoxy) is 3. The fraction of sp³-hybridized carbons (Fsp3) is 0.440. The van der Waals surface area contributed by atoms with Gasteiger partial charge in [0, 0.05) is 12.1 Å². The molecule has 0 saturated heterocycles. The van der Waals surface area contributed by atoms with Crippen molar-refractivity contribution in [3.63, 3.8) is 0 Å². The second-order valence-electron chi connectivity index (χ2n) is 8.38. The number of amides is 1. The Balaban J connectivity index is 1.82. The van der Waals surface area contributed by atoms with Crippen LogP contribution in [-0.4, -0.2) is 31.7 Å². The van der Waals surface area contributed by atoms with Crippen LogP contribution < -0.4 is 14.8 Å². The molecule has 0 heterocycles. The second kappa shape index (κ2) is 11.4. The number of hydrogen-bond acceptors (Lipinski definition) is 5. The van der Waals surface area contributed by atoms with E-state index in [1.807, 2.05) is 63.2 Å². The van der Waals surface area contributed by atoms with E-state index in [1.165, 1.54) is 5.56 Å². The molecule has 2 rings (SSSR count). The Morgan fingerprint density at radius 1 is 0.871 bits per heavy atom. The van der Waals surface area contributed by atoms with E-state index in [9.17, 15) is 9.59 Å². The molecule has 2 aromatic rings. The molecular formula is C25H33NO5. The number of methoxy groups -OCH3 is 2. The van der Waals surface area contributed by atoms with Gasteiger partial charge in [-0.15, -0.1) is 0 Å². The molecule has 6 heteroatoms. The van der Waals surface area contributed by atoms with Crippen molar-refractivity contribution in [1.29, 1.82) is 0 Å². The SMILES string of the molecule is COc1ccc(CCCc2cccc(NC(=O)CCC(=O)OC(C)(C)C)c2)cc1OC. The molecule has 0 aromatic heterocycles. The molecule has 0 fully saturated rings. The van der Waals surface area contributed by atoms with E-state index in [-0.39, 0.29) is 24.7 Å². The van der Waals surface area contributed by atoms with Crippen LogP contribution in [0.4, 0.5) is 5.69 Å². The third kappa shape index (κ3) is 8.70. The molecule has 1 amide bonds. The van der Waals surface area contributed by atoms with E-state index in [4.69, 9.17) is 14.2 Å². The van der Waals surface area contributed by atoms with Crippen LogP contribution in [0.3, 0.4) is 0 Å². The smallest absolute Gasteiger partial charge is 0.306 e. The van der Waals surface area contributed by atoms with Crippen molar-refractivity contribution >= 4 is 17.6 Å². The van der Waals surface area contributed by atoms with Gasteiger partial charge in [0.2, 0.25) is 5.91 Å². The molecule has 0 spiro atoms. The van der Waals surface area contributed by atoms with Gasteiger partial charge in [-0.1, -0.05) is 18.2 Å². The molecule has 0 radical (unpaired) electrons. The molecule has 0 atom stereocenters. The molecule has 168 valence electrons. The molecule has 0 unspecified atom stereocenters. The van der Waals surface area contributed by atoms with Gasteiger partial charge in [0.05, 0.1) is 20.6 Å². The first kappa shape index (κ1) is 24.3. The fourth-order valence-electron chi connectivity index (χ4n) is 3.17. The lowest BCUT2D eigenvalue weighted by Gasteiger charge is -2.19. The van der Waals surface area contributed by atoms with E-state index in [0.29, 0.717) is 0 Å². The van der Waals surface area contributed by atoms with Crippen molar-refractivity contribution in [3.8, 4) is 11.5 Å². The van der Waals surface area contributed by atoms with Crippen LogP contribution >= 0.6 is 0 Å². The standard InChI is InChI=1S/C25H33NO5/c1-25(2,3)31-24(28)15-14-23(27)26-20-11-7-10-18(16-20)8-6-9-19-12-13-21(29-4)22(17-19)30-5/h7,10-13,16-17H,6,8-9,14-15H2,1-5H3,(H,26,27). The summed E-state index contributed by atoms with van der Waals surface area (Å²) >= 11 is 0. The summed E-state index contributed by atoms with van der Waals surface area (Å²) in [6.07, 6.45) is 2.92. The summed E-state index contributed by atoms with van der Waals surface area (Å²) in [4.78, 5) is 23.9. The summed E-state index contributed by atoms with van der Waals surface area (Å²) in [5.74, 6) is 0.886. The highest BCUT2D eigenvalue weighted by molar-refractivity contribution is 5.92. The van der Waals surface area contributed by atoms with Crippen LogP contribution in [0.15, 0.2) is 42.5 Å². The van der Waals surface area contributed by atoms with E-state index < -0.39 is 5.60 Å². The highest BCUT2D eigenvalue weighted by Gasteiger charge is 2.17. The summed E-state index contributed by atoms with van der Waals surface area (Å²) in [7, 11) is 3.26. The summed E-state index contributed by atoms with van der Waals surface area (Å²) in [5.41, 5.74) is 2.52. The minimum atomic E-state index is -0.543. The zero-order valence-corrected chi connectivity index (χ0v) is 19.1. The highest BCUT2D eigenvalue weighted by atomic mass is 16.6. The maximum Gasteiger partial charge on any atom is 0.306 e. The van der Waals surface area contributed by atoms with Crippen molar-refractivity contribution in [3.05, 3.63) is 53.6 Å². The van der Waals surface area contributed by atoms with Gasteiger partial charge in [0.15, 0.2) is 11.5 Å². The van der Waals surface area contributed by atoms with Gasteiger partial charge >= 0.3 is 5.97 Å². The number of nitrogens with one attached hydrogen (secondary N) is 1. The molecule has 0 aliphatic rings. The number of esters is 1. The Morgan fingerprint density at radius 2 is 1.55 bits per heavy atom. The van der Waals surface area contributed by atoms with Crippen molar-refractivity contribution in [2.75, 3.05) is 19.5 Å². The van der Waals surface area contributed by atoms with Gasteiger partial charge in [-0.2, -0.15) is 0 Å². The number of rotatable bonds is 10. The number of anilines is 1. The first-order valence-corrected chi connectivity index (χ1v) is 10.5. The third-order valence-electron chi connectivity index (χ3n) is 4.57. The second-order valence-corrected chi connectivity index (χ2v) is 8.38. The van der Waals surface area contributed by atoms with Crippen molar-refractivity contribution < 1.29 is 23.8 Å². The van der Waals surface area contributed by atoms with Crippen molar-refractivity contribution in [1.82, 2.24) is 0 Å². The number of carbonyl (C=O) groups is 2. The molecule has 2 aromatic carbocycles. The minimum absolute atomic E-state index is 0.0636. The Kier molecular flexibility index (Phi) is 8.91. The zero-order valence-electron chi connectivity index (χ0n) is 19.1. The minimum Gasteiger partial charge on any atom is -0.493 e.